The first-order valence-electron chi connectivity index (χ1n) is 6.22. The first kappa shape index (κ1) is 12.9. The van der Waals surface area contributed by atoms with Crippen molar-refractivity contribution < 1.29 is 4.92 Å². The monoisotopic (exact) mass is 248 g/mol. The van der Waals surface area contributed by atoms with Crippen LogP contribution in [0.1, 0.15) is 27.7 Å². The predicted molar refractivity (Wildman–Crippen MR) is 72.9 cm³/mol. The molecule has 1 heterocycles. The second-order valence-electron chi connectivity index (χ2n) is 6.40. The fraction of sp³-hybridized carbons (Fsp3) is 0.571. The van der Waals surface area contributed by atoms with Gasteiger partial charge in [-0.2, -0.15) is 0 Å². The second-order valence-corrected chi connectivity index (χ2v) is 6.40. The molecule has 0 amide bonds. The van der Waals surface area contributed by atoms with Gasteiger partial charge in [-0.3, -0.25) is 10.1 Å². The first-order chi connectivity index (χ1) is 8.23. The molecule has 0 atom stereocenters. The van der Waals surface area contributed by atoms with Crippen LogP contribution < -0.4 is 4.90 Å². The minimum atomic E-state index is -0.359. The predicted octanol–water partition coefficient (Wildman–Crippen LogP) is 3.47. The molecule has 1 fully saturated rings. The number of nitro benzene ring substituents is 1. The molecule has 0 saturated carbocycles. The molecule has 0 bridgehead atoms. The summed E-state index contributed by atoms with van der Waals surface area (Å²) in [6.07, 6.45) is 0. The number of rotatable bonds is 2. The zero-order valence-corrected chi connectivity index (χ0v) is 11.4. The average Bonchev–Trinajstić information content (AvgIpc) is 2.48. The van der Waals surface area contributed by atoms with Crippen molar-refractivity contribution in [2.75, 3.05) is 18.0 Å². The van der Waals surface area contributed by atoms with Crippen LogP contribution in [0.3, 0.4) is 0 Å². The normalized spacial score (nSPS) is 21.0. The van der Waals surface area contributed by atoms with Crippen molar-refractivity contribution in [3.8, 4) is 0 Å². The Balaban J connectivity index is 2.22. The Morgan fingerprint density at radius 2 is 1.50 bits per heavy atom. The lowest BCUT2D eigenvalue weighted by Gasteiger charge is -2.32. The Morgan fingerprint density at radius 1 is 1.06 bits per heavy atom. The highest BCUT2D eigenvalue weighted by Crippen LogP contribution is 2.46. The fourth-order valence-corrected chi connectivity index (χ4v) is 2.41. The molecule has 1 aliphatic rings. The quantitative estimate of drug-likeness (QED) is 0.594. The summed E-state index contributed by atoms with van der Waals surface area (Å²) in [4.78, 5) is 12.6. The lowest BCUT2D eigenvalue weighted by Crippen LogP contribution is -2.30. The van der Waals surface area contributed by atoms with Gasteiger partial charge in [0.05, 0.1) is 4.92 Å². The van der Waals surface area contributed by atoms with E-state index in [9.17, 15) is 10.1 Å². The van der Waals surface area contributed by atoms with Gasteiger partial charge >= 0.3 is 0 Å². The number of non-ortho nitro benzene ring substituents is 1. The molecule has 0 aliphatic carbocycles. The molecule has 4 nitrogen and oxygen atoms in total. The zero-order valence-electron chi connectivity index (χ0n) is 11.4. The third kappa shape index (κ3) is 2.07. The number of anilines is 1. The highest BCUT2D eigenvalue weighted by molar-refractivity contribution is 5.52. The SMILES string of the molecule is CC1(C)CN(c2ccc([N+](=O)[O-])cc2)CC1(C)C. The van der Waals surface area contributed by atoms with Crippen molar-refractivity contribution in [1.82, 2.24) is 0 Å². The number of hydrogen-bond donors (Lipinski definition) is 0. The third-order valence-corrected chi connectivity index (χ3v) is 4.43. The van der Waals surface area contributed by atoms with Gasteiger partial charge in [0.1, 0.15) is 0 Å². The third-order valence-electron chi connectivity index (χ3n) is 4.43. The molecule has 1 aromatic rings. The van der Waals surface area contributed by atoms with Crippen LogP contribution in [-0.2, 0) is 0 Å². The van der Waals surface area contributed by atoms with Gasteiger partial charge in [-0.1, -0.05) is 27.7 Å². The highest BCUT2D eigenvalue weighted by Gasteiger charge is 2.45. The van der Waals surface area contributed by atoms with Gasteiger partial charge in [-0.15, -0.1) is 0 Å². The summed E-state index contributed by atoms with van der Waals surface area (Å²) in [6, 6.07) is 6.84. The summed E-state index contributed by atoms with van der Waals surface area (Å²) in [5.41, 5.74) is 1.71. The van der Waals surface area contributed by atoms with Crippen molar-refractivity contribution in [1.29, 1.82) is 0 Å². The number of hydrogen-bond acceptors (Lipinski definition) is 3. The van der Waals surface area contributed by atoms with Gasteiger partial charge in [-0.05, 0) is 23.0 Å². The summed E-state index contributed by atoms with van der Waals surface area (Å²) < 4.78 is 0. The van der Waals surface area contributed by atoms with E-state index < -0.39 is 0 Å². The van der Waals surface area contributed by atoms with E-state index in [-0.39, 0.29) is 21.4 Å². The summed E-state index contributed by atoms with van der Waals surface area (Å²) in [6.45, 7) is 11.1. The molecular formula is C14H20N2O2. The molecule has 4 heteroatoms. The van der Waals surface area contributed by atoms with Crippen LogP contribution in [0.25, 0.3) is 0 Å². The standard InChI is InChI=1S/C14H20N2O2/c1-13(2)9-15(10-14(13,3)4)11-5-7-12(8-6-11)16(17)18/h5-8H,9-10H2,1-4H3. The second kappa shape index (κ2) is 3.97. The molecular weight excluding hydrogens is 228 g/mol. The summed E-state index contributed by atoms with van der Waals surface area (Å²) in [5.74, 6) is 0. The van der Waals surface area contributed by atoms with Crippen molar-refractivity contribution in [3.63, 3.8) is 0 Å². The van der Waals surface area contributed by atoms with E-state index in [2.05, 4.69) is 32.6 Å². The van der Waals surface area contributed by atoms with Gasteiger partial charge < -0.3 is 4.90 Å². The van der Waals surface area contributed by atoms with E-state index >= 15 is 0 Å². The van der Waals surface area contributed by atoms with Gasteiger partial charge in [0, 0.05) is 30.9 Å². The minimum absolute atomic E-state index is 0.150. The Hall–Kier alpha value is -1.58. The molecule has 0 N–H and O–H groups in total. The molecule has 18 heavy (non-hydrogen) atoms. The number of benzene rings is 1. The molecule has 98 valence electrons. The Labute approximate surface area is 108 Å². The van der Waals surface area contributed by atoms with Crippen LogP contribution in [0.2, 0.25) is 0 Å². The fourth-order valence-electron chi connectivity index (χ4n) is 2.41. The maximum atomic E-state index is 10.6. The van der Waals surface area contributed by atoms with Crippen LogP contribution in [0, 0.1) is 20.9 Å². The Kier molecular flexibility index (Phi) is 2.84. The van der Waals surface area contributed by atoms with Crippen molar-refractivity contribution in [3.05, 3.63) is 34.4 Å². The van der Waals surface area contributed by atoms with E-state index in [0.717, 1.165) is 18.8 Å². The van der Waals surface area contributed by atoms with Gasteiger partial charge in [0.15, 0.2) is 0 Å². The van der Waals surface area contributed by atoms with Crippen molar-refractivity contribution in [2.45, 2.75) is 27.7 Å². The maximum Gasteiger partial charge on any atom is 0.269 e. The zero-order chi connectivity index (χ0) is 13.6. The lowest BCUT2D eigenvalue weighted by molar-refractivity contribution is -0.384. The Bertz CT molecular complexity index is 447. The van der Waals surface area contributed by atoms with Gasteiger partial charge in [-0.25, -0.2) is 0 Å². The molecule has 2 rings (SSSR count). The largest absolute Gasteiger partial charge is 0.370 e. The lowest BCUT2D eigenvalue weighted by atomic mass is 9.71. The molecule has 1 aromatic carbocycles. The number of nitrogens with zero attached hydrogens (tertiary/aromatic N) is 2. The van der Waals surface area contributed by atoms with Crippen LogP contribution >= 0.6 is 0 Å². The smallest absolute Gasteiger partial charge is 0.269 e. The van der Waals surface area contributed by atoms with E-state index in [4.69, 9.17) is 0 Å². The molecule has 0 aromatic heterocycles. The maximum absolute atomic E-state index is 10.6. The highest BCUT2D eigenvalue weighted by atomic mass is 16.6. The minimum Gasteiger partial charge on any atom is -0.370 e. The van der Waals surface area contributed by atoms with Crippen LogP contribution in [0.15, 0.2) is 24.3 Å². The van der Waals surface area contributed by atoms with Crippen molar-refractivity contribution in [2.24, 2.45) is 10.8 Å². The molecule has 1 saturated heterocycles. The summed E-state index contributed by atoms with van der Waals surface area (Å²) in [5, 5.41) is 10.6. The van der Waals surface area contributed by atoms with Crippen LogP contribution in [-0.4, -0.2) is 18.0 Å². The Morgan fingerprint density at radius 3 is 1.89 bits per heavy atom. The van der Waals surface area contributed by atoms with Gasteiger partial charge in [0.25, 0.3) is 5.69 Å². The topological polar surface area (TPSA) is 46.4 Å². The van der Waals surface area contributed by atoms with Crippen LogP contribution in [0.4, 0.5) is 11.4 Å². The van der Waals surface area contributed by atoms with E-state index in [1.54, 1.807) is 12.1 Å². The van der Waals surface area contributed by atoms with E-state index in [0.29, 0.717) is 0 Å². The molecule has 0 radical (unpaired) electrons. The van der Waals surface area contributed by atoms with Crippen LogP contribution in [0.5, 0.6) is 0 Å². The molecule has 0 spiro atoms. The van der Waals surface area contributed by atoms with Crippen molar-refractivity contribution >= 4 is 11.4 Å². The summed E-state index contributed by atoms with van der Waals surface area (Å²) in [7, 11) is 0. The molecule has 0 unspecified atom stereocenters. The number of nitro groups is 1. The van der Waals surface area contributed by atoms with Gasteiger partial charge in [0.2, 0.25) is 0 Å². The first-order valence-corrected chi connectivity index (χ1v) is 6.22. The molecule has 1 aliphatic heterocycles. The summed E-state index contributed by atoms with van der Waals surface area (Å²) >= 11 is 0. The average molecular weight is 248 g/mol. The van der Waals surface area contributed by atoms with E-state index in [1.165, 1.54) is 0 Å². The van der Waals surface area contributed by atoms with E-state index in [1.807, 2.05) is 12.1 Å².